The third-order valence-electron chi connectivity index (χ3n) is 6.24. The highest BCUT2D eigenvalue weighted by Gasteiger charge is 2.27. The standard InChI is InChI=1S/C25H27N5OS/c1-31-21-7-5-6-20(16-21)30-24(27-28-25(30)32-2)18-11-14-29(15-12-18)17-19-10-13-26-23-9-4-3-8-22(19)23/h3-10,13,16,18H,11-12,14-15,17H2,1-2H3. The lowest BCUT2D eigenvalue weighted by Gasteiger charge is -2.32. The smallest absolute Gasteiger partial charge is 0.195 e. The van der Waals surface area contributed by atoms with Crippen molar-refractivity contribution in [3.63, 3.8) is 0 Å². The number of methoxy groups -OCH3 is 1. The van der Waals surface area contributed by atoms with Gasteiger partial charge in [-0.05, 0) is 62.0 Å². The van der Waals surface area contributed by atoms with E-state index in [0.29, 0.717) is 5.92 Å². The van der Waals surface area contributed by atoms with Crippen molar-refractivity contribution in [3.8, 4) is 11.4 Å². The highest BCUT2D eigenvalue weighted by molar-refractivity contribution is 7.98. The Hall–Kier alpha value is -2.90. The molecule has 0 N–H and O–H groups in total. The number of likely N-dealkylation sites (tertiary alicyclic amines) is 1. The van der Waals surface area contributed by atoms with Crippen LogP contribution in [0, 0.1) is 0 Å². The largest absolute Gasteiger partial charge is 0.497 e. The summed E-state index contributed by atoms with van der Waals surface area (Å²) in [5.74, 6) is 2.28. The minimum Gasteiger partial charge on any atom is -0.497 e. The normalized spacial score (nSPS) is 15.3. The summed E-state index contributed by atoms with van der Waals surface area (Å²) in [5.41, 5.74) is 3.47. The monoisotopic (exact) mass is 445 g/mol. The van der Waals surface area contributed by atoms with Gasteiger partial charge >= 0.3 is 0 Å². The SMILES string of the molecule is COc1cccc(-n2c(SC)nnc2C2CCN(Cc3ccnc4ccccc34)CC2)c1. The Bertz CT molecular complexity index is 1210. The lowest BCUT2D eigenvalue weighted by atomic mass is 9.95. The van der Waals surface area contributed by atoms with Gasteiger partial charge in [0.05, 0.1) is 18.3 Å². The number of hydrogen-bond acceptors (Lipinski definition) is 6. The second-order valence-electron chi connectivity index (χ2n) is 8.12. The molecule has 0 radical (unpaired) electrons. The van der Waals surface area contributed by atoms with Crippen LogP contribution in [0.4, 0.5) is 0 Å². The topological polar surface area (TPSA) is 56.1 Å². The summed E-state index contributed by atoms with van der Waals surface area (Å²) in [6, 6.07) is 18.7. The van der Waals surface area contributed by atoms with Gasteiger partial charge < -0.3 is 4.74 Å². The number of ether oxygens (including phenoxy) is 1. The van der Waals surface area contributed by atoms with Crippen molar-refractivity contribution < 1.29 is 4.74 Å². The van der Waals surface area contributed by atoms with Crippen LogP contribution in [0.25, 0.3) is 16.6 Å². The second kappa shape index (κ2) is 9.30. The molecule has 0 atom stereocenters. The zero-order valence-electron chi connectivity index (χ0n) is 18.4. The first kappa shape index (κ1) is 21.0. The van der Waals surface area contributed by atoms with Crippen molar-refractivity contribution in [3.05, 3.63) is 72.2 Å². The van der Waals surface area contributed by atoms with E-state index in [4.69, 9.17) is 4.74 Å². The van der Waals surface area contributed by atoms with Crippen LogP contribution in [-0.2, 0) is 6.54 Å². The van der Waals surface area contributed by atoms with E-state index < -0.39 is 0 Å². The van der Waals surface area contributed by atoms with Gasteiger partial charge in [-0.2, -0.15) is 0 Å². The minimum absolute atomic E-state index is 0.389. The van der Waals surface area contributed by atoms with Crippen molar-refractivity contribution in [1.82, 2.24) is 24.6 Å². The molecular weight excluding hydrogens is 418 g/mol. The van der Waals surface area contributed by atoms with Gasteiger partial charge in [0.15, 0.2) is 5.16 Å². The van der Waals surface area contributed by atoms with E-state index in [1.54, 1.807) is 18.9 Å². The van der Waals surface area contributed by atoms with Crippen molar-refractivity contribution in [2.75, 3.05) is 26.5 Å². The lowest BCUT2D eigenvalue weighted by molar-refractivity contribution is 0.201. The van der Waals surface area contributed by atoms with Crippen molar-refractivity contribution >= 4 is 22.7 Å². The van der Waals surface area contributed by atoms with Gasteiger partial charge in [0.2, 0.25) is 0 Å². The Kier molecular flexibility index (Phi) is 6.10. The number of hydrogen-bond donors (Lipinski definition) is 0. The van der Waals surface area contributed by atoms with Crippen LogP contribution in [0.3, 0.4) is 0 Å². The second-order valence-corrected chi connectivity index (χ2v) is 8.89. The summed E-state index contributed by atoms with van der Waals surface area (Å²) in [4.78, 5) is 7.04. The Morgan fingerprint density at radius 2 is 1.88 bits per heavy atom. The zero-order chi connectivity index (χ0) is 21.9. The molecule has 1 aliphatic rings. The van der Waals surface area contributed by atoms with Crippen LogP contribution >= 0.6 is 11.8 Å². The van der Waals surface area contributed by atoms with E-state index in [1.807, 2.05) is 30.7 Å². The Labute approximate surface area is 192 Å². The molecule has 3 heterocycles. The number of nitrogens with zero attached hydrogens (tertiary/aromatic N) is 5. The van der Waals surface area contributed by atoms with E-state index in [0.717, 1.165) is 60.4 Å². The van der Waals surface area contributed by atoms with Crippen LogP contribution in [0.15, 0.2) is 66.0 Å². The maximum Gasteiger partial charge on any atom is 0.195 e. The third-order valence-corrected chi connectivity index (χ3v) is 6.87. The molecule has 4 aromatic rings. The average molecular weight is 446 g/mol. The number of rotatable bonds is 6. The first-order chi connectivity index (χ1) is 15.8. The van der Waals surface area contributed by atoms with Crippen LogP contribution in [0.2, 0.25) is 0 Å². The molecule has 0 unspecified atom stereocenters. The predicted molar refractivity (Wildman–Crippen MR) is 129 cm³/mol. The van der Waals surface area contributed by atoms with Gasteiger partial charge in [-0.3, -0.25) is 14.5 Å². The van der Waals surface area contributed by atoms with Crippen molar-refractivity contribution in [1.29, 1.82) is 0 Å². The fourth-order valence-corrected chi connectivity index (χ4v) is 5.06. The molecule has 1 aliphatic heterocycles. The molecule has 164 valence electrons. The summed E-state index contributed by atoms with van der Waals surface area (Å²) in [7, 11) is 1.70. The van der Waals surface area contributed by atoms with E-state index in [9.17, 15) is 0 Å². The molecule has 1 fully saturated rings. The number of aromatic nitrogens is 4. The molecule has 2 aromatic carbocycles. The zero-order valence-corrected chi connectivity index (χ0v) is 19.3. The van der Waals surface area contributed by atoms with Gasteiger partial charge in [-0.1, -0.05) is 36.0 Å². The van der Waals surface area contributed by atoms with E-state index in [1.165, 1.54) is 10.9 Å². The predicted octanol–water partition coefficient (Wildman–Crippen LogP) is 4.93. The van der Waals surface area contributed by atoms with E-state index in [2.05, 4.69) is 61.0 Å². The Morgan fingerprint density at radius 1 is 1.03 bits per heavy atom. The Morgan fingerprint density at radius 3 is 2.69 bits per heavy atom. The first-order valence-electron chi connectivity index (χ1n) is 11.0. The average Bonchev–Trinajstić information content (AvgIpc) is 3.29. The molecule has 32 heavy (non-hydrogen) atoms. The molecule has 0 saturated carbocycles. The van der Waals surface area contributed by atoms with Crippen molar-refractivity contribution in [2.45, 2.75) is 30.5 Å². The quantitative estimate of drug-likeness (QED) is 0.393. The summed E-state index contributed by atoms with van der Waals surface area (Å²) >= 11 is 1.62. The Balaban J connectivity index is 1.34. The number of pyridine rings is 1. The van der Waals surface area contributed by atoms with Crippen molar-refractivity contribution in [2.24, 2.45) is 0 Å². The maximum atomic E-state index is 5.44. The fraction of sp³-hybridized carbons (Fsp3) is 0.320. The molecule has 0 aliphatic carbocycles. The lowest BCUT2D eigenvalue weighted by Crippen LogP contribution is -2.33. The molecule has 1 saturated heterocycles. The van der Waals surface area contributed by atoms with Crippen LogP contribution in [0.1, 0.15) is 30.1 Å². The molecule has 6 nitrogen and oxygen atoms in total. The van der Waals surface area contributed by atoms with E-state index >= 15 is 0 Å². The molecule has 0 amide bonds. The highest BCUT2D eigenvalue weighted by atomic mass is 32.2. The maximum absolute atomic E-state index is 5.44. The van der Waals surface area contributed by atoms with Crippen LogP contribution < -0.4 is 4.74 Å². The van der Waals surface area contributed by atoms with Crippen LogP contribution in [0.5, 0.6) is 5.75 Å². The van der Waals surface area contributed by atoms with Crippen LogP contribution in [-0.4, -0.2) is 51.1 Å². The first-order valence-corrected chi connectivity index (χ1v) is 12.2. The molecular formula is C25H27N5OS. The van der Waals surface area contributed by atoms with Gasteiger partial charge in [0.1, 0.15) is 11.6 Å². The van der Waals surface area contributed by atoms with Gasteiger partial charge in [-0.25, -0.2) is 0 Å². The molecule has 7 heteroatoms. The number of thioether (sulfide) groups is 1. The van der Waals surface area contributed by atoms with Gasteiger partial charge in [-0.15, -0.1) is 10.2 Å². The third kappa shape index (κ3) is 4.10. The summed E-state index contributed by atoms with van der Waals surface area (Å²) < 4.78 is 7.64. The number of benzene rings is 2. The summed E-state index contributed by atoms with van der Waals surface area (Å²) in [5, 5.41) is 11.3. The fourth-order valence-electron chi connectivity index (χ4n) is 4.55. The molecule has 2 aromatic heterocycles. The minimum atomic E-state index is 0.389. The highest BCUT2D eigenvalue weighted by Crippen LogP contribution is 2.33. The molecule has 0 bridgehead atoms. The van der Waals surface area contributed by atoms with Gasteiger partial charge in [0, 0.05) is 30.1 Å². The summed E-state index contributed by atoms with van der Waals surface area (Å²) in [6.07, 6.45) is 6.11. The number of fused-ring (bicyclic) bond motifs is 1. The number of para-hydroxylation sites is 1. The molecule has 5 rings (SSSR count). The molecule has 0 spiro atoms. The summed E-state index contributed by atoms with van der Waals surface area (Å²) in [6.45, 7) is 3.04. The number of piperidine rings is 1. The van der Waals surface area contributed by atoms with E-state index in [-0.39, 0.29) is 0 Å². The van der Waals surface area contributed by atoms with Gasteiger partial charge in [0.25, 0.3) is 0 Å².